The second kappa shape index (κ2) is 8.90. The Balaban J connectivity index is 1.59. The molecule has 0 bridgehead atoms. The van der Waals surface area contributed by atoms with Gasteiger partial charge in [-0.15, -0.1) is 0 Å². The van der Waals surface area contributed by atoms with Crippen LogP contribution in [0.15, 0.2) is 53.5 Å². The molecule has 1 fully saturated rings. The molecule has 2 aromatic carbocycles. The van der Waals surface area contributed by atoms with Gasteiger partial charge in [-0.25, -0.2) is 8.42 Å². The summed E-state index contributed by atoms with van der Waals surface area (Å²) in [6.45, 7) is -0.309. The number of carbonyl (C=O) groups excluding carboxylic acids is 1. The van der Waals surface area contributed by atoms with Crippen LogP contribution in [0, 0.1) is 0 Å². The van der Waals surface area contributed by atoms with Crippen molar-refractivity contribution >= 4 is 44.0 Å². The van der Waals surface area contributed by atoms with Crippen LogP contribution in [-0.2, 0) is 20.8 Å². The van der Waals surface area contributed by atoms with E-state index in [2.05, 4.69) is 10.3 Å². The number of anilines is 2. The highest BCUT2D eigenvalue weighted by molar-refractivity contribution is 8.15. The molecule has 2 aromatic rings. The Kier molecular flexibility index (Phi) is 6.32. The standard InChI is InChI=1S/C21H20F3N3O4S2/c1-31-14-8-6-13(7-9-14)27(20-26-17-11-33(29,30)12-18(17)32-20)10-19(28)25-16-5-3-2-4-15(16)21(22,23)24/h2-9,17-18H,10-12H2,1H3,(H,25,28)/t17-,18+/m0/s1. The van der Waals surface area contributed by atoms with E-state index in [1.54, 1.807) is 29.2 Å². The third kappa shape index (κ3) is 5.27. The molecule has 4 rings (SSSR count). The lowest BCUT2D eigenvalue weighted by atomic mass is 10.1. The summed E-state index contributed by atoms with van der Waals surface area (Å²) in [5, 5.41) is 2.54. The zero-order valence-corrected chi connectivity index (χ0v) is 19.0. The first kappa shape index (κ1) is 23.4. The number of methoxy groups -OCH3 is 1. The van der Waals surface area contributed by atoms with Crippen LogP contribution in [0.25, 0.3) is 0 Å². The van der Waals surface area contributed by atoms with Gasteiger partial charge >= 0.3 is 6.18 Å². The van der Waals surface area contributed by atoms with E-state index >= 15 is 0 Å². The Bertz CT molecular complexity index is 1180. The highest BCUT2D eigenvalue weighted by Crippen LogP contribution is 2.37. The number of hydrogen-bond donors (Lipinski definition) is 1. The Morgan fingerprint density at radius 1 is 1.18 bits per heavy atom. The van der Waals surface area contributed by atoms with E-state index in [0.717, 1.165) is 6.07 Å². The van der Waals surface area contributed by atoms with Crippen molar-refractivity contribution in [3.05, 3.63) is 54.1 Å². The average Bonchev–Trinajstić information content (AvgIpc) is 3.25. The molecule has 2 atom stereocenters. The minimum atomic E-state index is -4.62. The normalized spacial score (nSPS) is 21.3. The van der Waals surface area contributed by atoms with Crippen LogP contribution < -0.4 is 15.0 Å². The lowest BCUT2D eigenvalue weighted by Gasteiger charge is -2.24. The molecular formula is C21H20F3N3O4S2. The average molecular weight is 500 g/mol. The van der Waals surface area contributed by atoms with Gasteiger partial charge in [0.25, 0.3) is 0 Å². The zero-order valence-electron chi connectivity index (χ0n) is 17.4. The fourth-order valence-electron chi connectivity index (χ4n) is 3.68. The van der Waals surface area contributed by atoms with Crippen molar-refractivity contribution in [2.75, 3.05) is 35.4 Å². The zero-order chi connectivity index (χ0) is 23.8. The summed E-state index contributed by atoms with van der Waals surface area (Å²) in [5.74, 6) is -0.145. The maximum Gasteiger partial charge on any atom is 0.418 e. The van der Waals surface area contributed by atoms with Crippen LogP contribution in [-0.4, -0.2) is 55.9 Å². The molecule has 2 heterocycles. The van der Waals surface area contributed by atoms with Crippen molar-refractivity contribution in [3.63, 3.8) is 0 Å². The summed E-state index contributed by atoms with van der Waals surface area (Å²) in [6, 6.07) is 11.1. The number of halogens is 3. The fraction of sp³-hybridized carbons (Fsp3) is 0.333. The quantitative estimate of drug-likeness (QED) is 0.678. The van der Waals surface area contributed by atoms with E-state index in [4.69, 9.17) is 4.74 Å². The van der Waals surface area contributed by atoms with Gasteiger partial charge in [0.1, 0.15) is 12.3 Å². The molecule has 1 saturated heterocycles. The molecule has 0 aliphatic carbocycles. The number of hydrogen-bond acceptors (Lipinski definition) is 7. The Hall–Kier alpha value is -2.73. The summed E-state index contributed by atoms with van der Waals surface area (Å²) in [5.41, 5.74) is -0.709. The highest BCUT2D eigenvalue weighted by Gasteiger charge is 2.44. The lowest BCUT2D eigenvalue weighted by Crippen LogP contribution is -2.37. The largest absolute Gasteiger partial charge is 0.497 e. The summed E-state index contributed by atoms with van der Waals surface area (Å²) in [6.07, 6.45) is -4.62. The van der Waals surface area contributed by atoms with Crippen LogP contribution in [0.4, 0.5) is 24.5 Å². The second-order valence-electron chi connectivity index (χ2n) is 7.59. The second-order valence-corrected chi connectivity index (χ2v) is 10.9. The number of sulfone groups is 1. The number of amides is 1. The number of rotatable bonds is 5. The number of benzene rings is 2. The van der Waals surface area contributed by atoms with E-state index in [0.29, 0.717) is 16.6 Å². The van der Waals surface area contributed by atoms with Gasteiger partial charge in [-0.3, -0.25) is 9.79 Å². The number of ether oxygens (including phenoxy) is 1. The summed E-state index contributed by atoms with van der Waals surface area (Å²) >= 11 is 1.26. The van der Waals surface area contributed by atoms with Gasteiger partial charge in [-0.1, -0.05) is 23.9 Å². The van der Waals surface area contributed by atoms with Crippen LogP contribution in [0.2, 0.25) is 0 Å². The number of nitrogens with one attached hydrogen (secondary N) is 1. The fourth-order valence-corrected chi connectivity index (χ4v) is 7.46. The number of alkyl halides is 3. The number of fused-ring (bicyclic) bond motifs is 1. The molecule has 0 radical (unpaired) electrons. The van der Waals surface area contributed by atoms with E-state index in [9.17, 15) is 26.4 Å². The monoisotopic (exact) mass is 499 g/mol. The smallest absolute Gasteiger partial charge is 0.418 e. The van der Waals surface area contributed by atoms with Crippen molar-refractivity contribution in [2.45, 2.75) is 17.5 Å². The Labute approximate surface area is 192 Å². The van der Waals surface area contributed by atoms with Crippen LogP contribution in [0.1, 0.15) is 5.56 Å². The molecule has 0 spiro atoms. The number of para-hydroxylation sites is 1. The topological polar surface area (TPSA) is 88.1 Å². The van der Waals surface area contributed by atoms with Crippen molar-refractivity contribution < 1.29 is 31.1 Å². The van der Waals surface area contributed by atoms with E-state index in [1.165, 1.54) is 37.1 Å². The van der Waals surface area contributed by atoms with E-state index in [1.807, 2.05) is 0 Å². The van der Waals surface area contributed by atoms with Gasteiger partial charge in [-0.05, 0) is 36.4 Å². The first-order valence-electron chi connectivity index (χ1n) is 9.88. The SMILES string of the molecule is COc1ccc(N(CC(=O)Nc2ccccc2C(F)(F)F)C2=N[C@H]3CS(=O)(=O)C[C@H]3S2)cc1. The Morgan fingerprint density at radius 2 is 1.88 bits per heavy atom. The molecule has 2 aliphatic rings. The van der Waals surface area contributed by atoms with Gasteiger partial charge in [0, 0.05) is 10.9 Å². The molecule has 176 valence electrons. The van der Waals surface area contributed by atoms with Gasteiger partial charge in [0.15, 0.2) is 15.0 Å². The molecule has 33 heavy (non-hydrogen) atoms. The number of amidine groups is 1. The van der Waals surface area contributed by atoms with Crippen molar-refractivity contribution in [3.8, 4) is 5.75 Å². The van der Waals surface area contributed by atoms with Gasteiger partial charge in [0.2, 0.25) is 5.91 Å². The van der Waals surface area contributed by atoms with Crippen molar-refractivity contribution in [2.24, 2.45) is 4.99 Å². The molecule has 0 unspecified atom stereocenters. The van der Waals surface area contributed by atoms with Crippen LogP contribution in [0.3, 0.4) is 0 Å². The third-order valence-corrected chi connectivity index (χ3v) is 8.48. The first-order chi connectivity index (χ1) is 15.6. The third-order valence-electron chi connectivity index (χ3n) is 5.23. The number of aliphatic imine (C=N–C) groups is 1. The predicted octanol–water partition coefficient (Wildman–Crippen LogP) is 3.43. The predicted molar refractivity (Wildman–Crippen MR) is 122 cm³/mol. The van der Waals surface area contributed by atoms with Gasteiger partial charge in [-0.2, -0.15) is 13.2 Å². The van der Waals surface area contributed by atoms with E-state index in [-0.39, 0.29) is 29.0 Å². The van der Waals surface area contributed by atoms with Crippen LogP contribution >= 0.6 is 11.8 Å². The number of nitrogens with zero attached hydrogens (tertiary/aromatic N) is 2. The van der Waals surface area contributed by atoms with Crippen LogP contribution in [0.5, 0.6) is 5.75 Å². The van der Waals surface area contributed by atoms with Gasteiger partial charge in [0.05, 0.1) is 35.9 Å². The molecule has 7 nitrogen and oxygen atoms in total. The molecule has 0 saturated carbocycles. The lowest BCUT2D eigenvalue weighted by molar-refractivity contribution is -0.137. The maximum absolute atomic E-state index is 13.3. The Morgan fingerprint density at radius 3 is 2.52 bits per heavy atom. The summed E-state index contributed by atoms with van der Waals surface area (Å²) in [4.78, 5) is 18.9. The molecule has 0 aromatic heterocycles. The summed E-state index contributed by atoms with van der Waals surface area (Å²) < 4.78 is 68.8. The molecule has 1 N–H and O–H groups in total. The molecular weight excluding hydrogens is 479 g/mol. The minimum Gasteiger partial charge on any atom is -0.497 e. The minimum absolute atomic E-state index is 0.00304. The molecule has 1 amide bonds. The van der Waals surface area contributed by atoms with Crippen molar-refractivity contribution in [1.29, 1.82) is 0 Å². The number of carbonyl (C=O) groups is 1. The number of thioether (sulfide) groups is 1. The molecule has 2 aliphatic heterocycles. The van der Waals surface area contributed by atoms with E-state index < -0.39 is 33.5 Å². The van der Waals surface area contributed by atoms with Gasteiger partial charge < -0.3 is 15.0 Å². The first-order valence-corrected chi connectivity index (χ1v) is 12.6. The molecule has 12 heteroatoms. The van der Waals surface area contributed by atoms with Crippen molar-refractivity contribution in [1.82, 2.24) is 0 Å². The summed E-state index contributed by atoms with van der Waals surface area (Å²) in [7, 11) is -1.65. The maximum atomic E-state index is 13.3. The highest BCUT2D eigenvalue weighted by atomic mass is 32.2.